The van der Waals surface area contributed by atoms with Crippen LogP contribution in [0, 0.1) is 0 Å². The number of benzene rings is 2. The van der Waals surface area contributed by atoms with E-state index in [0.29, 0.717) is 12.1 Å². The molecule has 0 unspecified atom stereocenters. The van der Waals surface area contributed by atoms with Gasteiger partial charge in [-0.15, -0.1) is 11.3 Å². The molecule has 3 aromatic rings. The highest BCUT2D eigenvalue weighted by molar-refractivity contribution is 7.16. The van der Waals surface area contributed by atoms with Gasteiger partial charge in [-0.3, -0.25) is 0 Å². The number of methoxy groups -OCH3 is 1. The third-order valence-electron chi connectivity index (χ3n) is 3.20. The van der Waals surface area contributed by atoms with E-state index in [0.717, 1.165) is 16.8 Å². The van der Waals surface area contributed by atoms with Crippen LogP contribution < -0.4 is 5.32 Å². The molecule has 0 radical (unpaired) electrons. The Bertz CT molecular complexity index is 765. The summed E-state index contributed by atoms with van der Waals surface area (Å²) in [5, 5.41) is 3.37. The third-order valence-corrected chi connectivity index (χ3v) is 3.99. The van der Waals surface area contributed by atoms with Crippen molar-refractivity contribution in [2.45, 2.75) is 6.54 Å². The molecule has 106 valence electrons. The number of carbonyl (C=O) groups excluding carboxylic acids is 1. The summed E-state index contributed by atoms with van der Waals surface area (Å²) >= 11 is 1.63. The quantitative estimate of drug-likeness (QED) is 0.746. The van der Waals surface area contributed by atoms with Gasteiger partial charge in [0.25, 0.3) is 0 Å². The van der Waals surface area contributed by atoms with Crippen LogP contribution in [0.5, 0.6) is 0 Å². The van der Waals surface area contributed by atoms with Crippen molar-refractivity contribution in [3.63, 3.8) is 0 Å². The minimum atomic E-state index is -0.315. The van der Waals surface area contributed by atoms with Gasteiger partial charge in [-0.2, -0.15) is 0 Å². The summed E-state index contributed by atoms with van der Waals surface area (Å²) in [6, 6.07) is 13.5. The lowest BCUT2D eigenvalue weighted by atomic mass is 10.1. The number of hydrogen-bond donors (Lipinski definition) is 1. The third kappa shape index (κ3) is 3.03. The predicted octanol–water partition coefficient (Wildman–Crippen LogP) is 3.70. The average Bonchev–Trinajstić information content (AvgIpc) is 3.00. The Labute approximate surface area is 126 Å². The van der Waals surface area contributed by atoms with Crippen LogP contribution in [0.25, 0.3) is 10.2 Å². The predicted molar refractivity (Wildman–Crippen MR) is 84.7 cm³/mol. The number of esters is 1. The van der Waals surface area contributed by atoms with E-state index in [9.17, 15) is 4.79 Å². The molecule has 0 amide bonds. The summed E-state index contributed by atoms with van der Waals surface area (Å²) in [4.78, 5) is 15.6. The highest BCUT2D eigenvalue weighted by Gasteiger charge is 2.04. The Balaban J connectivity index is 1.67. The fraction of sp³-hybridized carbons (Fsp3) is 0.125. The first kappa shape index (κ1) is 13.6. The first-order chi connectivity index (χ1) is 10.3. The van der Waals surface area contributed by atoms with E-state index in [1.54, 1.807) is 23.5 Å². The van der Waals surface area contributed by atoms with Gasteiger partial charge in [0, 0.05) is 12.2 Å². The molecule has 0 saturated heterocycles. The summed E-state index contributed by atoms with van der Waals surface area (Å²) in [6.45, 7) is 0.700. The van der Waals surface area contributed by atoms with Crippen molar-refractivity contribution in [3.8, 4) is 0 Å². The lowest BCUT2D eigenvalue weighted by Gasteiger charge is -2.07. The number of nitrogens with one attached hydrogen (secondary N) is 1. The molecule has 0 aliphatic heterocycles. The van der Waals surface area contributed by atoms with Gasteiger partial charge in [-0.05, 0) is 35.9 Å². The maximum Gasteiger partial charge on any atom is 0.337 e. The molecular formula is C16H14N2O2S. The topological polar surface area (TPSA) is 51.2 Å². The molecule has 5 heteroatoms. The molecule has 1 heterocycles. The number of nitrogens with zero attached hydrogens (tertiary/aromatic N) is 1. The summed E-state index contributed by atoms with van der Waals surface area (Å²) in [6.07, 6.45) is 0. The molecule has 0 atom stereocenters. The van der Waals surface area contributed by atoms with Crippen LogP contribution in [0.4, 0.5) is 5.69 Å². The Kier molecular flexibility index (Phi) is 3.83. The molecule has 21 heavy (non-hydrogen) atoms. The molecule has 0 spiro atoms. The second-order valence-corrected chi connectivity index (χ2v) is 5.46. The van der Waals surface area contributed by atoms with E-state index in [2.05, 4.69) is 21.1 Å². The number of hydrogen-bond acceptors (Lipinski definition) is 5. The van der Waals surface area contributed by atoms with E-state index in [4.69, 9.17) is 0 Å². The van der Waals surface area contributed by atoms with Crippen LogP contribution in [0.2, 0.25) is 0 Å². The zero-order valence-corrected chi connectivity index (χ0v) is 12.3. The van der Waals surface area contributed by atoms with Crippen molar-refractivity contribution < 1.29 is 9.53 Å². The van der Waals surface area contributed by atoms with Gasteiger partial charge in [-0.1, -0.05) is 12.1 Å². The van der Waals surface area contributed by atoms with Gasteiger partial charge in [0.2, 0.25) is 0 Å². The number of rotatable bonds is 4. The Morgan fingerprint density at radius 2 is 2.05 bits per heavy atom. The van der Waals surface area contributed by atoms with Gasteiger partial charge in [-0.25, -0.2) is 9.78 Å². The van der Waals surface area contributed by atoms with Crippen LogP contribution in [0.1, 0.15) is 15.9 Å². The Morgan fingerprint density at radius 1 is 1.24 bits per heavy atom. The summed E-state index contributed by atoms with van der Waals surface area (Å²) < 4.78 is 5.85. The molecule has 0 saturated carbocycles. The van der Waals surface area contributed by atoms with E-state index < -0.39 is 0 Å². The molecule has 1 aromatic heterocycles. The fourth-order valence-corrected chi connectivity index (χ4v) is 2.76. The highest BCUT2D eigenvalue weighted by Crippen LogP contribution is 2.22. The molecule has 4 nitrogen and oxygen atoms in total. The van der Waals surface area contributed by atoms with Crippen molar-refractivity contribution >= 4 is 33.2 Å². The summed E-state index contributed by atoms with van der Waals surface area (Å²) in [7, 11) is 1.38. The molecule has 0 aliphatic rings. The highest BCUT2D eigenvalue weighted by atomic mass is 32.1. The van der Waals surface area contributed by atoms with E-state index >= 15 is 0 Å². The van der Waals surface area contributed by atoms with Gasteiger partial charge in [0.05, 0.1) is 28.4 Å². The van der Waals surface area contributed by atoms with Crippen molar-refractivity contribution in [3.05, 3.63) is 59.1 Å². The zero-order chi connectivity index (χ0) is 14.7. The van der Waals surface area contributed by atoms with Gasteiger partial charge in [0.15, 0.2) is 0 Å². The summed E-state index contributed by atoms with van der Waals surface area (Å²) in [5.41, 5.74) is 5.59. The molecular weight excluding hydrogens is 284 g/mol. The van der Waals surface area contributed by atoms with Crippen molar-refractivity contribution in [2.24, 2.45) is 0 Å². The van der Waals surface area contributed by atoms with Crippen LogP contribution in [-0.4, -0.2) is 18.1 Å². The van der Waals surface area contributed by atoms with Crippen molar-refractivity contribution in [1.29, 1.82) is 0 Å². The number of ether oxygens (including phenoxy) is 1. The maximum absolute atomic E-state index is 11.4. The van der Waals surface area contributed by atoms with E-state index in [-0.39, 0.29) is 5.97 Å². The number of thiazole rings is 1. The van der Waals surface area contributed by atoms with E-state index in [1.807, 2.05) is 29.8 Å². The summed E-state index contributed by atoms with van der Waals surface area (Å²) in [5.74, 6) is -0.315. The molecule has 1 N–H and O–H groups in total. The van der Waals surface area contributed by atoms with Gasteiger partial charge >= 0.3 is 5.97 Å². The largest absolute Gasteiger partial charge is 0.465 e. The number of anilines is 1. The molecule has 3 rings (SSSR count). The standard InChI is InChI=1S/C16H14N2O2S/c1-20-16(19)12-4-2-11(3-5-12)9-17-13-6-7-14-15(8-13)21-10-18-14/h2-8,10,17H,9H2,1H3. The first-order valence-corrected chi connectivity index (χ1v) is 7.38. The number of aromatic nitrogens is 1. The smallest absolute Gasteiger partial charge is 0.337 e. The molecule has 2 aromatic carbocycles. The zero-order valence-electron chi connectivity index (χ0n) is 11.5. The molecule has 0 aliphatic carbocycles. The minimum Gasteiger partial charge on any atom is -0.465 e. The second kappa shape index (κ2) is 5.93. The first-order valence-electron chi connectivity index (χ1n) is 6.50. The van der Waals surface area contributed by atoms with Crippen LogP contribution in [0.15, 0.2) is 48.0 Å². The monoisotopic (exact) mass is 298 g/mol. The Hall–Kier alpha value is -2.40. The van der Waals surface area contributed by atoms with E-state index in [1.165, 1.54) is 11.8 Å². The number of carbonyl (C=O) groups is 1. The number of fused-ring (bicyclic) bond motifs is 1. The van der Waals surface area contributed by atoms with Crippen LogP contribution in [-0.2, 0) is 11.3 Å². The SMILES string of the molecule is COC(=O)c1ccc(CNc2ccc3ncsc3c2)cc1. The second-order valence-electron chi connectivity index (χ2n) is 4.58. The van der Waals surface area contributed by atoms with Crippen LogP contribution in [0.3, 0.4) is 0 Å². The van der Waals surface area contributed by atoms with Crippen molar-refractivity contribution in [1.82, 2.24) is 4.98 Å². The fourth-order valence-electron chi connectivity index (χ4n) is 2.05. The van der Waals surface area contributed by atoms with Crippen molar-refractivity contribution in [2.75, 3.05) is 12.4 Å². The Morgan fingerprint density at radius 3 is 2.81 bits per heavy atom. The van der Waals surface area contributed by atoms with Gasteiger partial charge in [0.1, 0.15) is 0 Å². The maximum atomic E-state index is 11.4. The van der Waals surface area contributed by atoms with Crippen LogP contribution >= 0.6 is 11.3 Å². The molecule has 0 fully saturated rings. The average molecular weight is 298 g/mol. The van der Waals surface area contributed by atoms with Gasteiger partial charge < -0.3 is 10.1 Å². The lowest BCUT2D eigenvalue weighted by molar-refractivity contribution is 0.0600. The molecule has 0 bridgehead atoms. The normalized spacial score (nSPS) is 10.5. The minimum absolute atomic E-state index is 0.315. The lowest BCUT2D eigenvalue weighted by Crippen LogP contribution is -2.03.